The van der Waals surface area contributed by atoms with Crippen LogP contribution in [0.4, 0.5) is 0 Å². The standard InChI is InChI=1S/C12H11ClO2/c13-9-5-4-8-12(14)15-10-11-6-2-1-3-7-11/h1-9H,10H2/b8-4-,9-5+. The van der Waals surface area contributed by atoms with Crippen LogP contribution >= 0.6 is 11.6 Å². The number of halogens is 1. The summed E-state index contributed by atoms with van der Waals surface area (Å²) in [6, 6.07) is 9.51. The van der Waals surface area contributed by atoms with Gasteiger partial charge in [-0.05, 0) is 5.56 Å². The fourth-order valence-electron chi connectivity index (χ4n) is 0.953. The quantitative estimate of drug-likeness (QED) is 0.445. The molecule has 0 saturated carbocycles. The molecule has 0 aliphatic rings. The minimum atomic E-state index is -0.381. The van der Waals surface area contributed by atoms with E-state index in [1.54, 1.807) is 6.08 Å². The molecule has 0 atom stereocenters. The lowest BCUT2D eigenvalue weighted by atomic mass is 10.2. The van der Waals surface area contributed by atoms with E-state index in [1.807, 2.05) is 30.3 Å². The lowest BCUT2D eigenvalue weighted by Gasteiger charge is -2.00. The molecule has 78 valence electrons. The fourth-order valence-corrected chi connectivity index (χ4v) is 1.04. The molecule has 0 aliphatic carbocycles. The molecule has 15 heavy (non-hydrogen) atoms. The summed E-state index contributed by atoms with van der Waals surface area (Å²) in [7, 11) is 0. The van der Waals surface area contributed by atoms with Gasteiger partial charge in [-0.25, -0.2) is 4.79 Å². The minimum absolute atomic E-state index is 0.286. The van der Waals surface area contributed by atoms with Gasteiger partial charge in [0.2, 0.25) is 0 Å². The number of benzene rings is 1. The van der Waals surface area contributed by atoms with E-state index in [-0.39, 0.29) is 12.6 Å². The van der Waals surface area contributed by atoms with E-state index < -0.39 is 0 Å². The van der Waals surface area contributed by atoms with Gasteiger partial charge in [0.25, 0.3) is 0 Å². The van der Waals surface area contributed by atoms with Crippen LogP contribution in [0.2, 0.25) is 0 Å². The lowest BCUT2D eigenvalue weighted by molar-refractivity contribution is -0.139. The molecule has 0 N–H and O–H groups in total. The molecule has 1 aromatic carbocycles. The number of ether oxygens (including phenoxy) is 1. The SMILES string of the molecule is O=C(/C=C\C=C\Cl)OCc1ccccc1. The Hall–Kier alpha value is -1.54. The Morgan fingerprint density at radius 1 is 1.27 bits per heavy atom. The molecular weight excluding hydrogens is 212 g/mol. The predicted octanol–water partition coefficient (Wildman–Crippen LogP) is 3.04. The van der Waals surface area contributed by atoms with Crippen LogP contribution in [-0.4, -0.2) is 5.97 Å². The van der Waals surface area contributed by atoms with Crippen LogP contribution in [-0.2, 0) is 16.1 Å². The molecule has 0 aliphatic heterocycles. The van der Waals surface area contributed by atoms with Crippen LogP contribution in [0.15, 0.2) is 54.1 Å². The van der Waals surface area contributed by atoms with Gasteiger partial charge in [-0.15, -0.1) is 0 Å². The van der Waals surface area contributed by atoms with Crippen molar-refractivity contribution in [1.82, 2.24) is 0 Å². The molecule has 1 rings (SSSR count). The van der Waals surface area contributed by atoms with E-state index in [0.29, 0.717) is 0 Å². The summed E-state index contributed by atoms with van der Waals surface area (Å²) < 4.78 is 4.97. The van der Waals surface area contributed by atoms with Crippen molar-refractivity contribution in [2.24, 2.45) is 0 Å². The second-order valence-corrected chi connectivity index (χ2v) is 3.02. The van der Waals surface area contributed by atoms with E-state index in [2.05, 4.69) is 0 Å². The highest BCUT2D eigenvalue weighted by atomic mass is 35.5. The van der Waals surface area contributed by atoms with Crippen LogP contribution in [0, 0.1) is 0 Å². The van der Waals surface area contributed by atoms with Crippen molar-refractivity contribution < 1.29 is 9.53 Å². The first-order chi connectivity index (χ1) is 7.33. The van der Waals surface area contributed by atoms with Gasteiger partial charge >= 0.3 is 5.97 Å². The normalized spacial score (nSPS) is 11.0. The van der Waals surface area contributed by atoms with Crippen molar-refractivity contribution >= 4 is 17.6 Å². The highest BCUT2D eigenvalue weighted by Gasteiger charge is 1.96. The number of hydrogen-bond acceptors (Lipinski definition) is 2. The summed E-state index contributed by atoms with van der Waals surface area (Å²) in [5.74, 6) is -0.381. The first-order valence-corrected chi connectivity index (χ1v) is 4.90. The van der Waals surface area contributed by atoms with Crippen LogP contribution in [0.1, 0.15) is 5.56 Å². The molecule has 0 heterocycles. The third-order valence-electron chi connectivity index (χ3n) is 1.64. The van der Waals surface area contributed by atoms with Gasteiger partial charge in [0.1, 0.15) is 6.61 Å². The van der Waals surface area contributed by atoms with Gasteiger partial charge in [-0.3, -0.25) is 0 Å². The first kappa shape index (κ1) is 11.5. The Bertz CT molecular complexity index is 355. The zero-order valence-corrected chi connectivity index (χ0v) is 8.85. The maximum Gasteiger partial charge on any atom is 0.331 e. The summed E-state index contributed by atoms with van der Waals surface area (Å²) in [4.78, 5) is 11.1. The van der Waals surface area contributed by atoms with Crippen LogP contribution in [0.25, 0.3) is 0 Å². The van der Waals surface area contributed by atoms with Crippen LogP contribution < -0.4 is 0 Å². The topological polar surface area (TPSA) is 26.3 Å². The van der Waals surface area contributed by atoms with Crippen molar-refractivity contribution in [3.8, 4) is 0 Å². The van der Waals surface area contributed by atoms with E-state index >= 15 is 0 Å². The molecule has 2 nitrogen and oxygen atoms in total. The molecule has 3 heteroatoms. The minimum Gasteiger partial charge on any atom is -0.458 e. The lowest BCUT2D eigenvalue weighted by Crippen LogP contribution is -2.00. The Morgan fingerprint density at radius 2 is 2.00 bits per heavy atom. The van der Waals surface area contributed by atoms with E-state index in [9.17, 15) is 4.79 Å². The molecule has 0 bridgehead atoms. The van der Waals surface area contributed by atoms with E-state index in [1.165, 1.54) is 17.7 Å². The zero-order valence-electron chi connectivity index (χ0n) is 8.10. The average Bonchev–Trinajstić information content (AvgIpc) is 2.28. The monoisotopic (exact) mass is 222 g/mol. The summed E-state index contributed by atoms with van der Waals surface area (Å²) in [6.07, 6.45) is 4.40. The molecule has 0 saturated heterocycles. The van der Waals surface area contributed by atoms with E-state index in [4.69, 9.17) is 16.3 Å². The third-order valence-corrected chi connectivity index (χ3v) is 1.79. The summed E-state index contributed by atoms with van der Waals surface area (Å²) in [5.41, 5.74) is 2.29. The Balaban J connectivity index is 2.35. The average molecular weight is 223 g/mol. The molecular formula is C12H11ClO2. The molecule has 0 fully saturated rings. The molecule has 0 radical (unpaired) electrons. The number of rotatable bonds is 4. The molecule has 1 aromatic rings. The molecule has 0 unspecified atom stereocenters. The van der Waals surface area contributed by atoms with Crippen molar-refractivity contribution in [3.05, 3.63) is 59.7 Å². The Morgan fingerprint density at radius 3 is 2.67 bits per heavy atom. The van der Waals surface area contributed by atoms with Gasteiger partial charge in [-0.1, -0.05) is 54.1 Å². The Labute approximate surface area is 93.8 Å². The van der Waals surface area contributed by atoms with Gasteiger partial charge in [0.15, 0.2) is 0 Å². The second-order valence-electron chi connectivity index (χ2n) is 2.77. The number of esters is 1. The van der Waals surface area contributed by atoms with Crippen LogP contribution in [0.3, 0.4) is 0 Å². The van der Waals surface area contributed by atoms with Crippen molar-refractivity contribution in [2.75, 3.05) is 0 Å². The number of hydrogen-bond donors (Lipinski definition) is 0. The first-order valence-electron chi connectivity index (χ1n) is 4.47. The largest absolute Gasteiger partial charge is 0.458 e. The van der Waals surface area contributed by atoms with Crippen molar-refractivity contribution in [3.63, 3.8) is 0 Å². The second kappa shape index (κ2) is 6.85. The summed E-state index contributed by atoms with van der Waals surface area (Å²) >= 11 is 5.27. The molecule has 0 spiro atoms. The number of carbonyl (C=O) groups is 1. The number of allylic oxidation sites excluding steroid dienone is 2. The predicted molar refractivity (Wildman–Crippen MR) is 60.4 cm³/mol. The maximum absolute atomic E-state index is 11.1. The van der Waals surface area contributed by atoms with Crippen molar-refractivity contribution in [1.29, 1.82) is 0 Å². The molecule has 0 amide bonds. The number of carbonyl (C=O) groups excluding carboxylic acids is 1. The highest BCUT2D eigenvalue weighted by molar-refractivity contribution is 6.25. The summed E-state index contributed by atoms with van der Waals surface area (Å²) in [6.45, 7) is 0.286. The smallest absolute Gasteiger partial charge is 0.331 e. The van der Waals surface area contributed by atoms with Gasteiger partial charge in [0.05, 0.1) is 0 Å². The maximum atomic E-state index is 11.1. The fraction of sp³-hybridized carbons (Fsp3) is 0.0833. The Kier molecular flexibility index (Phi) is 5.26. The van der Waals surface area contributed by atoms with E-state index in [0.717, 1.165) is 5.56 Å². The van der Waals surface area contributed by atoms with Gasteiger partial charge in [0, 0.05) is 11.6 Å². The zero-order chi connectivity index (χ0) is 10.9. The van der Waals surface area contributed by atoms with Crippen LogP contribution in [0.5, 0.6) is 0 Å². The summed E-state index contributed by atoms with van der Waals surface area (Å²) in [5, 5.41) is 0. The highest BCUT2D eigenvalue weighted by Crippen LogP contribution is 2.00. The van der Waals surface area contributed by atoms with Gasteiger partial charge < -0.3 is 4.74 Å². The third kappa shape index (κ3) is 5.03. The van der Waals surface area contributed by atoms with Crippen molar-refractivity contribution in [2.45, 2.75) is 6.61 Å². The van der Waals surface area contributed by atoms with Gasteiger partial charge in [-0.2, -0.15) is 0 Å². The molecule has 0 aromatic heterocycles.